The molecule has 0 bridgehead atoms. The fourth-order valence-corrected chi connectivity index (χ4v) is 2.37. The minimum atomic E-state index is -0.846. The molecule has 0 unspecified atom stereocenters. The molecule has 1 aromatic rings. The number of aliphatic carboxylic acids is 1. The van der Waals surface area contributed by atoms with Gasteiger partial charge in [0.1, 0.15) is 12.4 Å². The second kappa shape index (κ2) is 11.1. The Balaban J connectivity index is 2.57. The number of allylic oxidation sites excluding steroid dienone is 3. The Morgan fingerprint density at radius 1 is 1.20 bits per heavy atom. The SMILES string of the molecule is CC#C[C@@H](CC(=O)O)c1ccc(OC/C=C(/C)CCC=C(C)C)cc1. The fraction of sp³-hybridized carbons (Fsp3) is 0.409. The van der Waals surface area contributed by atoms with Gasteiger partial charge in [-0.05, 0) is 64.3 Å². The molecule has 1 atom stereocenters. The second-order valence-corrected chi connectivity index (χ2v) is 6.30. The zero-order chi connectivity index (χ0) is 18.7. The van der Waals surface area contributed by atoms with Gasteiger partial charge in [-0.15, -0.1) is 5.92 Å². The van der Waals surface area contributed by atoms with Crippen molar-refractivity contribution in [1.82, 2.24) is 0 Å². The minimum Gasteiger partial charge on any atom is -0.490 e. The molecule has 1 N–H and O–H groups in total. The fourth-order valence-electron chi connectivity index (χ4n) is 2.37. The first-order valence-electron chi connectivity index (χ1n) is 8.58. The predicted molar refractivity (Wildman–Crippen MR) is 103 cm³/mol. The number of carboxylic acids is 1. The van der Waals surface area contributed by atoms with Gasteiger partial charge in [-0.3, -0.25) is 4.79 Å². The van der Waals surface area contributed by atoms with Crippen molar-refractivity contribution in [3.8, 4) is 17.6 Å². The van der Waals surface area contributed by atoms with Gasteiger partial charge in [0.15, 0.2) is 0 Å². The maximum absolute atomic E-state index is 10.9. The summed E-state index contributed by atoms with van der Waals surface area (Å²) in [5.74, 6) is 5.39. The van der Waals surface area contributed by atoms with Gasteiger partial charge in [0.25, 0.3) is 0 Å². The van der Waals surface area contributed by atoms with E-state index in [1.807, 2.05) is 24.3 Å². The largest absolute Gasteiger partial charge is 0.490 e. The van der Waals surface area contributed by atoms with E-state index >= 15 is 0 Å². The quantitative estimate of drug-likeness (QED) is 0.487. The third-order valence-electron chi connectivity index (χ3n) is 3.75. The van der Waals surface area contributed by atoms with E-state index in [0.717, 1.165) is 24.2 Å². The minimum absolute atomic E-state index is 0.00859. The summed E-state index contributed by atoms with van der Waals surface area (Å²) in [5, 5.41) is 8.98. The van der Waals surface area contributed by atoms with Gasteiger partial charge in [-0.25, -0.2) is 0 Å². The number of hydrogen-bond donors (Lipinski definition) is 1. The molecule has 0 heterocycles. The van der Waals surface area contributed by atoms with Crippen LogP contribution in [0.15, 0.2) is 47.6 Å². The van der Waals surface area contributed by atoms with Gasteiger partial charge >= 0.3 is 5.97 Å². The van der Waals surface area contributed by atoms with Gasteiger partial charge in [0.2, 0.25) is 0 Å². The van der Waals surface area contributed by atoms with Crippen LogP contribution in [0.4, 0.5) is 0 Å². The van der Waals surface area contributed by atoms with E-state index in [9.17, 15) is 4.79 Å². The highest BCUT2D eigenvalue weighted by atomic mass is 16.5. The van der Waals surface area contributed by atoms with E-state index in [4.69, 9.17) is 9.84 Å². The number of hydrogen-bond acceptors (Lipinski definition) is 2. The summed E-state index contributed by atoms with van der Waals surface area (Å²) >= 11 is 0. The normalized spacial score (nSPS) is 11.9. The molecule has 0 aromatic heterocycles. The molecule has 25 heavy (non-hydrogen) atoms. The molecule has 3 nitrogen and oxygen atoms in total. The molecule has 1 aromatic carbocycles. The standard InChI is InChI=1S/C22H28O3/c1-5-7-20(16-22(23)24)19-10-12-21(13-11-19)25-15-14-18(4)9-6-8-17(2)3/h8,10-14,20H,6,9,15-16H2,1-4H3,(H,23,24)/b18-14-/t20-/m0/s1. The Morgan fingerprint density at radius 2 is 1.88 bits per heavy atom. The van der Waals surface area contributed by atoms with Crippen molar-refractivity contribution in [3.63, 3.8) is 0 Å². The highest BCUT2D eigenvalue weighted by Crippen LogP contribution is 2.22. The van der Waals surface area contributed by atoms with Crippen molar-refractivity contribution in [2.24, 2.45) is 0 Å². The lowest BCUT2D eigenvalue weighted by Crippen LogP contribution is -2.04. The van der Waals surface area contributed by atoms with Crippen LogP contribution in [0, 0.1) is 11.8 Å². The second-order valence-electron chi connectivity index (χ2n) is 6.30. The first-order valence-corrected chi connectivity index (χ1v) is 8.58. The lowest BCUT2D eigenvalue weighted by molar-refractivity contribution is -0.137. The van der Waals surface area contributed by atoms with Gasteiger partial charge in [-0.1, -0.05) is 35.3 Å². The third-order valence-corrected chi connectivity index (χ3v) is 3.75. The summed E-state index contributed by atoms with van der Waals surface area (Å²) in [4.78, 5) is 10.9. The molecule has 0 aliphatic carbocycles. The van der Waals surface area contributed by atoms with Crippen LogP contribution in [0.1, 0.15) is 58.4 Å². The van der Waals surface area contributed by atoms with E-state index < -0.39 is 5.97 Å². The molecule has 1 rings (SSSR count). The predicted octanol–water partition coefficient (Wildman–Crippen LogP) is 5.34. The van der Waals surface area contributed by atoms with Crippen molar-refractivity contribution in [3.05, 3.63) is 53.1 Å². The summed E-state index contributed by atoms with van der Waals surface area (Å²) in [5.41, 5.74) is 3.56. The highest BCUT2D eigenvalue weighted by molar-refractivity contribution is 5.69. The maximum atomic E-state index is 10.9. The summed E-state index contributed by atoms with van der Waals surface area (Å²) in [6.45, 7) is 8.59. The molecule has 0 amide bonds. The van der Waals surface area contributed by atoms with Gasteiger partial charge in [-0.2, -0.15) is 0 Å². The molecule has 0 aliphatic heterocycles. The molecule has 134 valence electrons. The smallest absolute Gasteiger partial charge is 0.304 e. The van der Waals surface area contributed by atoms with Crippen LogP contribution in [0.25, 0.3) is 0 Å². The van der Waals surface area contributed by atoms with E-state index in [1.165, 1.54) is 11.1 Å². The average Bonchev–Trinajstić information content (AvgIpc) is 2.54. The van der Waals surface area contributed by atoms with E-state index in [0.29, 0.717) is 6.61 Å². The van der Waals surface area contributed by atoms with Crippen molar-refractivity contribution in [2.75, 3.05) is 6.61 Å². The van der Waals surface area contributed by atoms with Crippen molar-refractivity contribution in [1.29, 1.82) is 0 Å². The van der Waals surface area contributed by atoms with E-state index in [1.54, 1.807) is 6.92 Å². The molecule has 0 radical (unpaired) electrons. The van der Waals surface area contributed by atoms with Crippen LogP contribution in [0.5, 0.6) is 5.75 Å². The zero-order valence-electron chi connectivity index (χ0n) is 15.6. The summed E-state index contributed by atoms with van der Waals surface area (Å²) in [7, 11) is 0. The lowest BCUT2D eigenvalue weighted by Gasteiger charge is -2.10. The lowest BCUT2D eigenvalue weighted by atomic mass is 9.96. The summed E-state index contributed by atoms with van der Waals surface area (Å²) < 4.78 is 5.74. The molecule has 3 heteroatoms. The molecule has 0 saturated carbocycles. The van der Waals surface area contributed by atoms with Crippen LogP contribution in [-0.2, 0) is 4.79 Å². The molecule has 0 aliphatic rings. The van der Waals surface area contributed by atoms with Crippen LogP contribution < -0.4 is 4.74 Å². The first kappa shape index (κ1) is 20.6. The number of ether oxygens (including phenoxy) is 1. The van der Waals surface area contributed by atoms with Gasteiger partial charge in [0, 0.05) is 0 Å². The number of carbonyl (C=O) groups is 1. The Hall–Kier alpha value is -2.47. The maximum Gasteiger partial charge on any atom is 0.304 e. The van der Waals surface area contributed by atoms with Crippen molar-refractivity contribution < 1.29 is 14.6 Å². The summed E-state index contributed by atoms with van der Waals surface area (Å²) in [6, 6.07) is 7.51. The van der Waals surface area contributed by atoms with Crippen molar-refractivity contribution >= 4 is 5.97 Å². The number of benzene rings is 1. The van der Waals surface area contributed by atoms with E-state index in [2.05, 4.69) is 44.8 Å². The first-order chi connectivity index (χ1) is 11.9. The van der Waals surface area contributed by atoms with Crippen molar-refractivity contribution in [2.45, 2.75) is 52.9 Å². The monoisotopic (exact) mass is 340 g/mol. The average molecular weight is 340 g/mol. The Kier molecular flexibility index (Phi) is 9.17. The molecule has 0 fully saturated rings. The zero-order valence-corrected chi connectivity index (χ0v) is 15.6. The molecule has 0 saturated heterocycles. The Bertz CT molecular complexity index is 665. The van der Waals surface area contributed by atoms with Crippen LogP contribution in [0.3, 0.4) is 0 Å². The molecular weight excluding hydrogens is 312 g/mol. The van der Waals surface area contributed by atoms with Crippen LogP contribution in [0.2, 0.25) is 0 Å². The van der Waals surface area contributed by atoms with Gasteiger partial charge in [0.05, 0.1) is 12.3 Å². The molecule has 0 spiro atoms. The highest BCUT2D eigenvalue weighted by Gasteiger charge is 2.12. The number of carboxylic acid groups (broad SMARTS) is 1. The van der Waals surface area contributed by atoms with E-state index in [-0.39, 0.29) is 12.3 Å². The topological polar surface area (TPSA) is 46.5 Å². The Labute approximate surface area is 151 Å². The third kappa shape index (κ3) is 8.81. The van der Waals surface area contributed by atoms with Gasteiger partial charge < -0.3 is 9.84 Å². The summed E-state index contributed by atoms with van der Waals surface area (Å²) in [6.07, 6.45) is 6.45. The van der Waals surface area contributed by atoms with Crippen LogP contribution >= 0.6 is 0 Å². The number of rotatable bonds is 9. The molecular formula is C22H28O3. The Morgan fingerprint density at radius 3 is 2.44 bits per heavy atom. The van der Waals surface area contributed by atoms with Crippen LogP contribution in [-0.4, -0.2) is 17.7 Å².